The van der Waals surface area contributed by atoms with Gasteiger partial charge in [-0.25, -0.2) is 13.8 Å². The molecule has 0 unspecified atom stereocenters. The molecule has 0 saturated carbocycles. The van der Waals surface area contributed by atoms with E-state index in [9.17, 15) is 23.8 Å². The first kappa shape index (κ1) is 24.5. The first-order chi connectivity index (χ1) is 16.8. The van der Waals surface area contributed by atoms with Gasteiger partial charge in [0.05, 0.1) is 17.4 Å². The van der Waals surface area contributed by atoms with E-state index in [1.807, 2.05) is 12.1 Å². The van der Waals surface area contributed by atoms with Crippen molar-refractivity contribution >= 4 is 11.4 Å². The number of halogens is 2. The highest BCUT2D eigenvalue weighted by Crippen LogP contribution is 2.26. The van der Waals surface area contributed by atoms with Gasteiger partial charge >= 0.3 is 0 Å². The third-order valence-electron chi connectivity index (χ3n) is 5.94. The average molecular weight is 481 g/mol. The van der Waals surface area contributed by atoms with Gasteiger partial charge in [0.25, 0.3) is 0 Å². The number of aliphatic hydroxyl groups is 2. The van der Waals surface area contributed by atoms with Crippen molar-refractivity contribution in [3.8, 4) is 5.75 Å². The maximum absolute atomic E-state index is 14.0. The minimum Gasteiger partial charge on any atom is -0.485 e. The van der Waals surface area contributed by atoms with Crippen LogP contribution in [0.15, 0.2) is 60.8 Å². The van der Waals surface area contributed by atoms with Crippen LogP contribution in [0.1, 0.15) is 52.3 Å². The summed E-state index contributed by atoms with van der Waals surface area (Å²) in [7, 11) is 0. The molecule has 0 saturated heterocycles. The van der Waals surface area contributed by atoms with Crippen LogP contribution in [0.4, 0.5) is 8.78 Å². The molecular formula is C27H26F2N2O4. The van der Waals surface area contributed by atoms with Crippen LogP contribution >= 0.6 is 0 Å². The van der Waals surface area contributed by atoms with E-state index >= 15 is 0 Å². The van der Waals surface area contributed by atoms with Gasteiger partial charge in [-0.1, -0.05) is 30.3 Å². The van der Waals surface area contributed by atoms with Crippen LogP contribution < -0.4 is 4.74 Å². The van der Waals surface area contributed by atoms with Crippen LogP contribution in [0.3, 0.4) is 0 Å². The van der Waals surface area contributed by atoms with Gasteiger partial charge in [0.15, 0.2) is 17.2 Å². The number of fused-ring (bicyclic) bond motifs is 1. The maximum Gasteiger partial charge on any atom is 0.181 e. The number of pyridine rings is 1. The van der Waals surface area contributed by atoms with Crippen LogP contribution in [0.2, 0.25) is 0 Å². The van der Waals surface area contributed by atoms with Crippen molar-refractivity contribution in [2.75, 3.05) is 0 Å². The van der Waals surface area contributed by atoms with E-state index in [1.54, 1.807) is 41.8 Å². The van der Waals surface area contributed by atoms with Crippen molar-refractivity contribution in [1.82, 2.24) is 9.38 Å². The van der Waals surface area contributed by atoms with Crippen LogP contribution in [0.25, 0.3) is 5.65 Å². The summed E-state index contributed by atoms with van der Waals surface area (Å²) in [4.78, 5) is 17.7. The maximum atomic E-state index is 14.0. The smallest absolute Gasteiger partial charge is 0.181 e. The topological polar surface area (TPSA) is 84.1 Å². The lowest BCUT2D eigenvalue weighted by molar-refractivity contribution is 0.0300. The molecule has 2 N–H and O–H groups in total. The van der Waals surface area contributed by atoms with Crippen LogP contribution in [-0.4, -0.2) is 31.5 Å². The van der Waals surface area contributed by atoms with Gasteiger partial charge in [-0.2, -0.15) is 0 Å². The lowest BCUT2D eigenvalue weighted by Gasteiger charge is -2.17. The molecule has 8 heteroatoms. The number of carbonyl (C=O) groups is 1. The van der Waals surface area contributed by atoms with E-state index in [-0.39, 0.29) is 24.4 Å². The van der Waals surface area contributed by atoms with Crippen molar-refractivity contribution in [1.29, 1.82) is 0 Å². The molecule has 0 aliphatic carbocycles. The number of imidazole rings is 1. The van der Waals surface area contributed by atoms with Crippen molar-refractivity contribution in [2.45, 2.75) is 45.5 Å². The molecule has 0 spiro atoms. The zero-order valence-electron chi connectivity index (χ0n) is 19.4. The summed E-state index contributed by atoms with van der Waals surface area (Å²) in [6.45, 7) is 2.90. The first-order valence-corrected chi connectivity index (χ1v) is 11.3. The van der Waals surface area contributed by atoms with Gasteiger partial charge in [-0.05, 0) is 55.7 Å². The van der Waals surface area contributed by atoms with Gasteiger partial charge in [0.2, 0.25) is 0 Å². The monoisotopic (exact) mass is 480 g/mol. The Morgan fingerprint density at radius 1 is 1.06 bits per heavy atom. The lowest BCUT2D eigenvalue weighted by Crippen LogP contribution is -2.16. The molecule has 4 rings (SSSR count). The minimum atomic E-state index is -1.04. The molecular weight excluding hydrogens is 454 g/mol. The summed E-state index contributed by atoms with van der Waals surface area (Å²) in [6.07, 6.45) is 0.226. The van der Waals surface area contributed by atoms with Crippen molar-refractivity contribution < 1.29 is 28.5 Å². The fraction of sp³-hybridized carbons (Fsp3) is 0.259. The highest BCUT2D eigenvalue weighted by Gasteiger charge is 2.21. The predicted molar refractivity (Wildman–Crippen MR) is 126 cm³/mol. The quantitative estimate of drug-likeness (QED) is 0.339. The molecule has 0 aliphatic rings. The molecule has 0 fully saturated rings. The Kier molecular flexibility index (Phi) is 7.23. The number of nitrogens with zero attached hydrogens (tertiary/aromatic N) is 2. The van der Waals surface area contributed by atoms with E-state index in [4.69, 9.17) is 4.74 Å². The van der Waals surface area contributed by atoms with Crippen molar-refractivity contribution in [3.05, 3.63) is 101 Å². The molecule has 6 nitrogen and oxygen atoms in total. The van der Waals surface area contributed by atoms with Crippen molar-refractivity contribution in [2.24, 2.45) is 0 Å². The van der Waals surface area contributed by atoms with Gasteiger partial charge in [0, 0.05) is 12.6 Å². The summed E-state index contributed by atoms with van der Waals surface area (Å²) < 4.78 is 35.2. The largest absolute Gasteiger partial charge is 0.485 e. The molecule has 2 aromatic carbocycles. The number of hydrogen-bond donors (Lipinski definition) is 2. The number of aryl methyl sites for hydroxylation is 2. The Labute approximate surface area is 201 Å². The number of aromatic nitrogens is 2. The first-order valence-electron chi connectivity index (χ1n) is 11.3. The molecule has 0 radical (unpaired) electrons. The second-order valence-corrected chi connectivity index (χ2v) is 8.41. The Bertz CT molecular complexity index is 1350. The number of carbonyl (C=O) groups excluding carboxylic acids is 1. The van der Waals surface area contributed by atoms with Crippen LogP contribution in [0, 0.1) is 18.6 Å². The minimum absolute atomic E-state index is 0.156. The SMILES string of the molecule is Cc1nc2c(OCc3c(F)cccc3F)cccn2c1C(=O)CCc1ccccc1[C@H](O)[C@H](C)O. The Morgan fingerprint density at radius 3 is 2.49 bits per heavy atom. The molecule has 0 bridgehead atoms. The van der Waals surface area contributed by atoms with E-state index < -0.39 is 23.8 Å². The molecule has 4 aromatic rings. The Hall–Kier alpha value is -3.62. The second kappa shape index (κ2) is 10.3. The average Bonchev–Trinajstić information content (AvgIpc) is 3.18. The number of aliphatic hydroxyl groups excluding tert-OH is 2. The van der Waals surface area contributed by atoms with Gasteiger partial charge in [-0.3, -0.25) is 9.20 Å². The summed E-state index contributed by atoms with van der Waals surface area (Å²) in [6, 6.07) is 14.1. The van der Waals surface area contributed by atoms with Gasteiger partial charge < -0.3 is 14.9 Å². The standard InChI is InChI=1S/C27H26F2N2O4/c1-16-25(23(33)13-12-18-7-3-4-8-19(18)26(34)17(2)32)31-14-6-11-24(27(31)30-16)35-15-20-21(28)9-5-10-22(20)29/h3-11,14,17,26,32,34H,12-13,15H2,1-2H3/t17-,26+/m0/s1. The number of ketones is 1. The molecule has 182 valence electrons. The number of rotatable bonds is 9. The number of ether oxygens (including phenoxy) is 1. The zero-order chi connectivity index (χ0) is 25.1. The Morgan fingerprint density at radius 2 is 1.77 bits per heavy atom. The van der Waals surface area contributed by atoms with E-state index in [1.165, 1.54) is 13.0 Å². The molecule has 0 amide bonds. The molecule has 2 heterocycles. The van der Waals surface area contributed by atoms with E-state index in [2.05, 4.69) is 4.98 Å². The third-order valence-corrected chi connectivity index (χ3v) is 5.94. The summed E-state index contributed by atoms with van der Waals surface area (Å²) in [5, 5.41) is 20.1. The molecule has 2 aromatic heterocycles. The number of Topliss-reactive ketones (excluding diaryl/α,β-unsaturated/α-hetero) is 1. The van der Waals surface area contributed by atoms with Gasteiger partial charge in [0.1, 0.15) is 30.0 Å². The fourth-order valence-corrected chi connectivity index (χ4v) is 4.10. The molecule has 0 aliphatic heterocycles. The number of benzene rings is 2. The molecule has 2 atom stereocenters. The van der Waals surface area contributed by atoms with Crippen molar-refractivity contribution in [3.63, 3.8) is 0 Å². The van der Waals surface area contributed by atoms with E-state index in [0.29, 0.717) is 34.8 Å². The van der Waals surface area contributed by atoms with Gasteiger partial charge in [-0.15, -0.1) is 0 Å². The van der Waals surface area contributed by atoms with Crippen LogP contribution in [-0.2, 0) is 13.0 Å². The second-order valence-electron chi connectivity index (χ2n) is 8.41. The lowest BCUT2D eigenvalue weighted by atomic mass is 9.95. The van der Waals surface area contributed by atoms with E-state index in [0.717, 1.165) is 17.7 Å². The normalized spacial score (nSPS) is 13.1. The number of hydrogen-bond acceptors (Lipinski definition) is 5. The fourth-order valence-electron chi connectivity index (χ4n) is 4.10. The van der Waals surface area contributed by atoms with Crippen LogP contribution in [0.5, 0.6) is 5.75 Å². The third kappa shape index (κ3) is 5.08. The zero-order valence-corrected chi connectivity index (χ0v) is 19.4. The summed E-state index contributed by atoms with van der Waals surface area (Å²) in [5.74, 6) is -1.27. The Balaban J connectivity index is 1.56. The highest BCUT2D eigenvalue weighted by molar-refractivity contribution is 5.96. The summed E-state index contributed by atoms with van der Waals surface area (Å²) in [5.41, 5.74) is 2.43. The molecule has 35 heavy (non-hydrogen) atoms. The predicted octanol–water partition coefficient (Wildman–Crippen LogP) is 4.73. The summed E-state index contributed by atoms with van der Waals surface area (Å²) >= 11 is 0. The highest BCUT2D eigenvalue weighted by atomic mass is 19.1.